The van der Waals surface area contributed by atoms with E-state index in [2.05, 4.69) is 9.97 Å². The lowest BCUT2D eigenvalue weighted by Gasteiger charge is -2.23. The number of aromatic amines is 1. The highest BCUT2D eigenvalue weighted by Gasteiger charge is 2.22. The minimum atomic E-state index is -0.744. The Labute approximate surface area is 187 Å². The molecule has 1 aromatic heterocycles. The van der Waals surface area contributed by atoms with Gasteiger partial charge < -0.3 is 9.88 Å². The van der Waals surface area contributed by atoms with Gasteiger partial charge in [-0.25, -0.2) is 9.37 Å². The average Bonchev–Trinajstić information content (AvgIpc) is 2.76. The predicted molar refractivity (Wildman–Crippen MR) is 119 cm³/mol. The van der Waals surface area contributed by atoms with Crippen LogP contribution < -0.4 is 5.56 Å². The van der Waals surface area contributed by atoms with Crippen LogP contribution in [0.3, 0.4) is 0 Å². The van der Waals surface area contributed by atoms with Gasteiger partial charge in [-0.05, 0) is 29.8 Å². The number of halogens is 3. The van der Waals surface area contributed by atoms with E-state index in [9.17, 15) is 14.0 Å². The molecule has 0 unspecified atom stereocenters. The molecule has 8 heteroatoms. The highest BCUT2D eigenvalue weighted by atomic mass is 35.5. The van der Waals surface area contributed by atoms with Gasteiger partial charge in [0.15, 0.2) is 0 Å². The minimum absolute atomic E-state index is 0.00558. The zero-order chi connectivity index (χ0) is 22.0. The van der Waals surface area contributed by atoms with Crippen molar-refractivity contribution in [1.82, 2.24) is 14.9 Å². The van der Waals surface area contributed by atoms with E-state index < -0.39 is 11.7 Å². The van der Waals surface area contributed by atoms with Crippen LogP contribution in [-0.2, 0) is 13.1 Å². The Bertz CT molecular complexity index is 1330. The quantitative estimate of drug-likeness (QED) is 0.420. The van der Waals surface area contributed by atoms with Crippen LogP contribution in [0.1, 0.15) is 21.7 Å². The van der Waals surface area contributed by atoms with Crippen LogP contribution in [0, 0.1) is 5.82 Å². The monoisotopic (exact) mass is 455 g/mol. The molecule has 0 atom stereocenters. The summed E-state index contributed by atoms with van der Waals surface area (Å²) in [5.41, 5.74) is 1.04. The predicted octanol–water partition coefficient (Wildman–Crippen LogP) is 5.21. The van der Waals surface area contributed by atoms with Crippen LogP contribution in [0.5, 0.6) is 0 Å². The summed E-state index contributed by atoms with van der Waals surface area (Å²) >= 11 is 11.9. The first-order valence-corrected chi connectivity index (χ1v) is 10.1. The van der Waals surface area contributed by atoms with Crippen molar-refractivity contribution >= 4 is 40.0 Å². The molecule has 0 aliphatic rings. The second kappa shape index (κ2) is 8.88. The van der Waals surface area contributed by atoms with Crippen LogP contribution in [0.4, 0.5) is 4.39 Å². The SMILES string of the molecule is O=C(c1cc(F)c(Cl)cc1Cl)N(Cc1ccccc1)Cc1nc2ccccc2c(=O)[nH]1. The van der Waals surface area contributed by atoms with Gasteiger partial charge in [-0.2, -0.15) is 0 Å². The molecule has 156 valence electrons. The molecule has 0 bridgehead atoms. The third-order valence-electron chi connectivity index (χ3n) is 4.75. The van der Waals surface area contributed by atoms with Crippen molar-refractivity contribution in [3.8, 4) is 0 Å². The van der Waals surface area contributed by atoms with Crippen LogP contribution >= 0.6 is 23.2 Å². The number of para-hydroxylation sites is 1. The lowest BCUT2D eigenvalue weighted by molar-refractivity contribution is 0.0725. The van der Waals surface area contributed by atoms with Crippen LogP contribution in [0.15, 0.2) is 71.5 Å². The summed E-state index contributed by atoms with van der Waals surface area (Å²) in [5.74, 6) is -0.954. The van der Waals surface area contributed by atoms with Gasteiger partial charge in [0.2, 0.25) is 0 Å². The minimum Gasteiger partial charge on any atom is -0.327 e. The normalized spacial score (nSPS) is 10.9. The molecule has 31 heavy (non-hydrogen) atoms. The number of fused-ring (bicyclic) bond motifs is 1. The van der Waals surface area contributed by atoms with Crippen molar-refractivity contribution in [2.45, 2.75) is 13.1 Å². The number of carbonyl (C=O) groups is 1. The number of benzene rings is 3. The van der Waals surface area contributed by atoms with Gasteiger partial charge >= 0.3 is 0 Å². The Balaban J connectivity index is 1.74. The zero-order valence-electron chi connectivity index (χ0n) is 16.1. The molecule has 0 saturated carbocycles. The van der Waals surface area contributed by atoms with E-state index in [1.54, 1.807) is 24.3 Å². The second-order valence-electron chi connectivity index (χ2n) is 6.92. The van der Waals surface area contributed by atoms with Gasteiger partial charge in [-0.15, -0.1) is 0 Å². The molecule has 4 rings (SSSR count). The summed E-state index contributed by atoms with van der Waals surface area (Å²) in [5, 5.41) is 0.320. The van der Waals surface area contributed by atoms with Crippen LogP contribution in [-0.4, -0.2) is 20.8 Å². The fourth-order valence-corrected chi connectivity index (χ4v) is 3.71. The molecule has 5 nitrogen and oxygen atoms in total. The fourth-order valence-electron chi connectivity index (χ4n) is 3.25. The fraction of sp³-hybridized carbons (Fsp3) is 0.0870. The highest BCUT2D eigenvalue weighted by molar-refractivity contribution is 6.36. The third-order valence-corrected chi connectivity index (χ3v) is 5.35. The molecular formula is C23H16Cl2FN3O2. The molecule has 0 saturated heterocycles. The zero-order valence-corrected chi connectivity index (χ0v) is 17.6. The Hall–Kier alpha value is -3.22. The van der Waals surface area contributed by atoms with Gasteiger partial charge in [0.1, 0.15) is 11.6 Å². The maximum atomic E-state index is 14.0. The number of rotatable bonds is 5. The summed E-state index contributed by atoms with van der Waals surface area (Å²) in [6.45, 7) is 0.200. The van der Waals surface area contributed by atoms with E-state index in [1.165, 1.54) is 11.0 Å². The van der Waals surface area contributed by atoms with Crippen molar-refractivity contribution in [1.29, 1.82) is 0 Å². The van der Waals surface area contributed by atoms with Gasteiger partial charge in [0.25, 0.3) is 11.5 Å². The first kappa shape index (κ1) is 21.0. The highest BCUT2D eigenvalue weighted by Crippen LogP contribution is 2.26. The Morgan fingerprint density at radius 1 is 0.968 bits per heavy atom. The van der Waals surface area contributed by atoms with E-state index in [0.717, 1.165) is 11.6 Å². The second-order valence-corrected chi connectivity index (χ2v) is 7.74. The maximum absolute atomic E-state index is 14.0. The molecule has 1 amide bonds. The molecule has 1 N–H and O–H groups in total. The van der Waals surface area contributed by atoms with Gasteiger partial charge in [0.05, 0.1) is 33.1 Å². The molecule has 0 spiro atoms. The van der Waals surface area contributed by atoms with Crippen molar-refractivity contribution in [2.24, 2.45) is 0 Å². The smallest absolute Gasteiger partial charge is 0.258 e. The molecule has 0 fully saturated rings. The number of nitrogens with zero attached hydrogens (tertiary/aromatic N) is 2. The number of carbonyl (C=O) groups excluding carboxylic acids is 1. The number of H-pyrrole nitrogens is 1. The van der Waals surface area contributed by atoms with Crippen molar-refractivity contribution in [3.63, 3.8) is 0 Å². The molecule has 0 aliphatic carbocycles. The van der Waals surface area contributed by atoms with E-state index >= 15 is 0 Å². The Kier molecular flexibility index (Phi) is 6.02. The van der Waals surface area contributed by atoms with Gasteiger partial charge in [-0.3, -0.25) is 9.59 Å². The summed E-state index contributed by atoms with van der Waals surface area (Å²) < 4.78 is 14.0. The Morgan fingerprint density at radius 3 is 2.45 bits per heavy atom. The number of hydrogen-bond acceptors (Lipinski definition) is 3. The van der Waals surface area contributed by atoms with E-state index in [-0.39, 0.29) is 34.3 Å². The Morgan fingerprint density at radius 2 is 1.68 bits per heavy atom. The lowest BCUT2D eigenvalue weighted by atomic mass is 10.1. The first-order chi connectivity index (χ1) is 14.9. The molecular weight excluding hydrogens is 440 g/mol. The van der Waals surface area contributed by atoms with E-state index in [4.69, 9.17) is 23.2 Å². The van der Waals surface area contributed by atoms with Crippen LogP contribution in [0.25, 0.3) is 10.9 Å². The van der Waals surface area contributed by atoms with Crippen LogP contribution in [0.2, 0.25) is 10.0 Å². The summed E-state index contributed by atoms with van der Waals surface area (Å²) in [7, 11) is 0. The summed E-state index contributed by atoms with van der Waals surface area (Å²) in [6.07, 6.45) is 0. The van der Waals surface area contributed by atoms with E-state index in [0.29, 0.717) is 16.7 Å². The molecule has 1 heterocycles. The number of amides is 1. The molecule has 3 aromatic carbocycles. The topological polar surface area (TPSA) is 66.1 Å². The van der Waals surface area contributed by atoms with Crippen molar-refractivity contribution < 1.29 is 9.18 Å². The number of hydrogen-bond donors (Lipinski definition) is 1. The average molecular weight is 456 g/mol. The van der Waals surface area contributed by atoms with Gasteiger partial charge in [-0.1, -0.05) is 65.7 Å². The molecule has 0 radical (unpaired) electrons. The maximum Gasteiger partial charge on any atom is 0.258 e. The van der Waals surface area contributed by atoms with Crippen molar-refractivity contribution in [2.75, 3.05) is 0 Å². The third kappa shape index (κ3) is 4.60. The first-order valence-electron chi connectivity index (χ1n) is 9.38. The molecule has 0 aliphatic heterocycles. The summed E-state index contributed by atoms with van der Waals surface area (Å²) in [6, 6.07) is 18.4. The lowest BCUT2D eigenvalue weighted by Crippen LogP contribution is -2.32. The summed E-state index contributed by atoms with van der Waals surface area (Å²) in [4.78, 5) is 34.4. The largest absolute Gasteiger partial charge is 0.327 e. The van der Waals surface area contributed by atoms with Crippen molar-refractivity contribution in [3.05, 3.63) is 110 Å². The van der Waals surface area contributed by atoms with E-state index in [1.807, 2.05) is 30.3 Å². The molecule has 4 aromatic rings. The number of aromatic nitrogens is 2. The van der Waals surface area contributed by atoms with Gasteiger partial charge in [0, 0.05) is 6.54 Å². The standard InChI is InChI=1S/C23H16Cl2FN3O2/c24-17-11-18(25)19(26)10-16(17)23(31)29(12-14-6-2-1-3-7-14)13-21-27-20-9-5-4-8-15(20)22(30)28-21/h1-11H,12-13H2,(H,27,28,30). The number of nitrogens with one attached hydrogen (secondary N) is 1.